The van der Waals surface area contributed by atoms with E-state index in [0.29, 0.717) is 23.4 Å². The summed E-state index contributed by atoms with van der Waals surface area (Å²) < 4.78 is 0. The van der Waals surface area contributed by atoms with Gasteiger partial charge in [0.25, 0.3) is 0 Å². The molecule has 1 fully saturated rings. The molecular formula is C23H22N5O. The summed E-state index contributed by atoms with van der Waals surface area (Å²) in [6, 6.07) is 18.7. The average molecular weight is 384 g/mol. The van der Waals surface area contributed by atoms with Crippen molar-refractivity contribution in [2.45, 2.75) is 25.0 Å². The fourth-order valence-corrected chi connectivity index (χ4v) is 3.96. The number of hydrogen-bond acceptors (Lipinski definition) is 5. The summed E-state index contributed by atoms with van der Waals surface area (Å²) in [6.07, 6.45) is 2.62. The number of rotatable bonds is 4. The van der Waals surface area contributed by atoms with Crippen molar-refractivity contribution in [3.8, 4) is 22.5 Å². The number of benzene rings is 2. The number of hydrogen-bond donors (Lipinski definition) is 3. The molecule has 2 aromatic carbocycles. The summed E-state index contributed by atoms with van der Waals surface area (Å²) in [6.45, 7) is 4.01. The number of H-pyrrole nitrogens is 1. The van der Waals surface area contributed by atoms with Crippen molar-refractivity contribution in [3.63, 3.8) is 0 Å². The minimum Gasteiger partial charge on any atom is -0.393 e. The molecular weight excluding hydrogens is 362 g/mol. The molecule has 3 atom stereocenters. The highest BCUT2D eigenvalue weighted by molar-refractivity contribution is 5.86. The average Bonchev–Trinajstić information content (AvgIpc) is 3.32. The number of aliphatic hydroxyl groups excluding tert-OH is 1. The van der Waals surface area contributed by atoms with Crippen LogP contribution < -0.4 is 5.32 Å². The fourth-order valence-electron chi connectivity index (χ4n) is 3.96. The monoisotopic (exact) mass is 384 g/mol. The van der Waals surface area contributed by atoms with Gasteiger partial charge in [-0.25, -0.2) is 15.0 Å². The lowest BCUT2D eigenvalue weighted by Gasteiger charge is -2.12. The Bertz CT molecular complexity index is 1130. The number of aromatic nitrogens is 4. The van der Waals surface area contributed by atoms with Gasteiger partial charge >= 0.3 is 0 Å². The lowest BCUT2D eigenvalue weighted by Crippen LogP contribution is -2.17. The Kier molecular flexibility index (Phi) is 4.48. The molecule has 5 rings (SSSR count). The van der Waals surface area contributed by atoms with Gasteiger partial charge in [-0.2, -0.15) is 0 Å². The molecule has 0 amide bonds. The highest BCUT2D eigenvalue weighted by atomic mass is 16.3. The van der Waals surface area contributed by atoms with Crippen LogP contribution in [0.15, 0.2) is 60.9 Å². The summed E-state index contributed by atoms with van der Waals surface area (Å²) in [5.41, 5.74) is 4.68. The molecule has 0 spiro atoms. The largest absolute Gasteiger partial charge is 0.393 e. The van der Waals surface area contributed by atoms with Crippen LogP contribution in [0.5, 0.6) is 0 Å². The number of nitrogens with zero attached hydrogens (tertiary/aromatic N) is 3. The number of fused-ring (bicyclic) bond motifs is 1. The van der Waals surface area contributed by atoms with Crippen molar-refractivity contribution in [2.75, 3.05) is 5.32 Å². The highest BCUT2D eigenvalue weighted by Crippen LogP contribution is 2.30. The van der Waals surface area contributed by atoms with Crippen LogP contribution in [-0.2, 0) is 0 Å². The van der Waals surface area contributed by atoms with Crippen LogP contribution >= 0.6 is 0 Å². The number of aliphatic hydroxyl groups is 1. The third-order valence-electron chi connectivity index (χ3n) is 5.52. The van der Waals surface area contributed by atoms with E-state index in [2.05, 4.69) is 51.5 Å². The third-order valence-corrected chi connectivity index (χ3v) is 5.52. The summed E-state index contributed by atoms with van der Waals surface area (Å²) in [5, 5.41) is 13.4. The molecule has 1 saturated carbocycles. The Morgan fingerprint density at radius 3 is 2.55 bits per heavy atom. The molecule has 0 bridgehead atoms. The van der Waals surface area contributed by atoms with E-state index in [1.807, 2.05) is 30.3 Å². The molecule has 1 radical (unpaired) electrons. The zero-order chi connectivity index (χ0) is 19.8. The van der Waals surface area contributed by atoms with Crippen molar-refractivity contribution < 1.29 is 5.11 Å². The number of anilines is 1. The standard InChI is InChI=1S/C23H22N5O/c1-14-10-18(12-19(14)29)26-22-20-23(25-13-24-22)28-21(27-20)17-9-5-8-16(11-17)15-6-3-2-4-7-15/h2-9,11,13-14,18-19,29H,1,10,12H2,(H2,24,25,26,27,28)/t14-,18+,19-/m0/s1. The molecule has 2 heterocycles. The van der Waals surface area contributed by atoms with Gasteiger partial charge in [-0.15, -0.1) is 0 Å². The van der Waals surface area contributed by atoms with Gasteiger partial charge in [0.2, 0.25) is 0 Å². The van der Waals surface area contributed by atoms with Crippen LogP contribution in [0.3, 0.4) is 0 Å². The number of imidazole rings is 1. The zero-order valence-corrected chi connectivity index (χ0v) is 15.9. The molecule has 0 unspecified atom stereocenters. The van der Waals surface area contributed by atoms with E-state index >= 15 is 0 Å². The first-order valence-corrected chi connectivity index (χ1v) is 9.81. The minimum absolute atomic E-state index is 0.0419. The fraction of sp³-hybridized carbons (Fsp3) is 0.217. The van der Waals surface area contributed by atoms with E-state index in [4.69, 9.17) is 4.98 Å². The molecule has 1 aliphatic rings. The van der Waals surface area contributed by atoms with Gasteiger partial charge in [-0.3, -0.25) is 0 Å². The van der Waals surface area contributed by atoms with E-state index in [1.54, 1.807) is 0 Å². The molecule has 6 heteroatoms. The number of nitrogens with one attached hydrogen (secondary N) is 2. The zero-order valence-electron chi connectivity index (χ0n) is 15.9. The SMILES string of the molecule is [CH2][C@H]1C[C@@H](Nc2ncnc3[nH]c(-c4cccc(-c5ccccc5)c4)nc23)C[C@@H]1O. The highest BCUT2D eigenvalue weighted by Gasteiger charge is 2.30. The second-order valence-electron chi connectivity index (χ2n) is 7.59. The maximum atomic E-state index is 9.98. The van der Waals surface area contributed by atoms with Gasteiger partial charge in [-0.05, 0) is 42.9 Å². The third kappa shape index (κ3) is 3.47. The van der Waals surface area contributed by atoms with E-state index in [-0.39, 0.29) is 18.1 Å². The Labute approximate surface area is 169 Å². The van der Waals surface area contributed by atoms with Crippen molar-refractivity contribution in [2.24, 2.45) is 5.92 Å². The van der Waals surface area contributed by atoms with Crippen molar-refractivity contribution >= 4 is 17.0 Å². The van der Waals surface area contributed by atoms with Crippen LogP contribution in [0.2, 0.25) is 0 Å². The summed E-state index contributed by atoms with van der Waals surface area (Å²) in [7, 11) is 0. The van der Waals surface area contributed by atoms with Crippen LogP contribution in [0.1, 0.15) is 12.8 Å². The molecule has 145 valence electrons. The maximum absolute atomic E-state index is 9.98. The first-order chi connectivity index (χ1) is 14.2. The molecule has 4 aromatic rings. The van der Waals surface area contributed by atoms with Gasteiger partial charge in [0.1, 0.15) is 12.2 Å². The van der Waals surface area contributed by atoms with E-state index < -0.39 is 0 Å². The summed E-state index contributed by atoms with van der Waals surface area (Å²) >= 11 is 0. The van der Waals surface area contributed by atoms with Crippen LogP contribution in [0.25, 0.3) is 33.7 Å². The van der Waals surface area contributed by atoms with Crippen LogP contribution in [0, 0.1) is 12.8 Å². The van der Waals surface area contributed by atoms with E-state index in [1.165, 1.54) is 6.33 Å². The van der Waals surface area contributed by atoms with Crippen LogP contribution in [0.4, 0.5) is 5.82 Å². The van der Waals surface area contributed by atoms with Crippen molar-refractivity contribution in [1.82, 2.24) is 19.9 Å². The normalized spacial score (nSPS) is 21.5. The topological polar surface area (TPSA) is 86.7 Å². The smallest absolute Gasteiger partial charge is 0.163 e. The molecule has 3 N–H and O–H groups in total. The van der Waals surface area contributed by atoms with Gasteiger partial charge in [-0.1, -0.05) is 48.5 Å². The van der Waals surface area contributed by atoms with Crippen molar-refractivity contribution in [1.29, 1.82) is 0 Å². The Balaban J connectivity index is 1.48. The summed E-state index contributed by atoms with van der Waals surface area (Å²) in [5.74, 6) is 1.48. The van der Waals surface area contributed by atoms with Crippen molar-refractivity contribution in [3.05, 3.63) is 67.8 Å². The second kappa shape index (κ2) is 7.29. The predicted octanol–water partition coefficient (Wildman–Crippen LogP) is 4.07. The van der Waals surface area contributed by atoms with E-state index in [9.17, 15) is 5.11 Å². The van der Waals surface area contributed by atoms with Gasteiger partial charge in [0, 0.05) is 11.6 Å². The molecule has 0 saturated heterocycles. The molecule has 1 aliphatic carbocycles. The molecule has 2 aromatic heterocycles. The van der Waals surface area contributed by atoms with Gasteiger partial charge in [0.05, 0.1) is 6.10 Å². The van der Waals surface area contributed by atoms with Gasteiger partial charge in [0.15, 0.2) is 17.0 Å². The molecule has 0 aliphatic heterocycles. The lowest BCUT2D eigenvalue weighted by atomic mass is 10.0. The quantitative estimate of drug-likeness (QED) is 0.494. The molecule has 6 nitrogen and oxygen atoms in total. The predicted molar refractivity (Wildman–Crippen MR) is 114 cm³/mol. The number of aromatic amines is 1. The maximum Gasteiger partial charge on any atom is 0.163 e. The Hall–Kier alpha value is -3.25. The molecule has 29 heavy (non-hydrogen) atoms. The first-order valence-electron chi connectivity index (χ1n) is 9.81. The Morgan fingerprint density at radius 1 is 0.966 bits per heavy atom. The minimum atomic E-state index is -0.375. The summed E-state index contributed by atoms with van der Waals surface area (Å²) in [4.78, 5) is 16.8. The van der Waals surface area contributed by atoms with E-state index in [0.717, 1.165) is 28.9 Å². The van der Waals surface area contributed by atoms with Crippen LogP contribution in [-0.4, -0.2) is 37.2 Å². The Morgan fingerprint density at radius 2 is 1.76 bits per heavy atom. The lowest BCUT2D eigenvalue weighted by molar-refractivity contribution is 0.151. The first kappa shape index (κ1) is 17.8. The second-order valence-corrected chi connectivity index (χ2v) is 7.59. The van der Waals surface area contributed by atoms with Gasteiger partial charge < -0.3 is 15.4 Å².